The minimum Gasteiger partial charge on any atom is -0.423 e. The third-order valence-corrected chi connectivity index (χ3v) is 4.58. The maximum atomic E-state index is 12.7. The second-order valence-electron chi connectivity index (χ2n) is 5.53. The van der Waals surface area contributed by atoms with E-state index < -0.39 is 23.6 Å². The smallest absolute Gasteiger partial charge is 0.423 e. The predicted molar refractivity (Wildman–Crippen MR) is 95.1 cm³/mol. The van der Waals surface area contributed by atoms with Gasteiger partial charge in [-0.25, -0.2) is 4.79 Å². The van der Waals surface area contributed by atoms with E-state index in [9.17, 15) is 22.8 Å². The molecule has 10 heteroatoms. The summed E-state index contributed by atoms with van der Waals surface area (Å²) in [6, 6.07) is 9.67. The third-order valence-electron chi connectivity index (χ3n) is 3.56. The molecule has 0 aliphatic rings. The molecule has 0 spiro atoms. The van der Waals surface area contributed by atoms with E-state index in [1.54, 1.807) is 11.4 Å². The van der Waals surface area contributed by atoms with Crippen LogP contribution in [0.1, 0.15) is 12.5 Å². The van der Waals surface area contributed by atoms with Crippen molar-refractivity contribution in [2.75, 3.05) is 0 Å². The highest BCUT2D eigenvalue weighted by Gasteiger charge is 2.47. The fraction of sp³-hybridized carbons (Fsp3) is 0.176. The molecule has 0 bridgehead atoms. The van der Waals surface area contributed by atoms with Crippen molar-refractivity contribution in [3.05, 3.63) is 63.1 Å². The molecule has 0 aliphatic heterocycles. The number of hydrogen-bond acceptors (Lipinski definition) is 3. The van der Waals surface area contributed by atoms with Gasteiger partial charge in [0.15, 0.2) is 11.3 Å². The molecule has 4 nitrogen and oxygen atoms in total. The Morgan fingerprint density at radius 3 is 2.07 bits per heavy atom. The Morgan fingerprint density at radius 2 is 1.52 bits per heavy atom. The van der Waals surface area contributed by atoms with Gasteiger partial charge in [0.05, 0.1) is 15.1 Å². The zero-order valence-corrected chi connectivity index (χ0v) is 15.8. The lowest BCUT2D eigenvalue weighted by molar-refractivity contribution is -0.177. The number of carbonyl (C=O) groups is 2. The lowest BCUT2D eigenvalue weighted by atomic mass is 9.92. The van der Waals surface area contributed by atoms with Gasteiger partial charge in [-0.3, -0.25) is 4.79 Å². The number of esters is 1. The van der Waals surface area contributed by atoms with E-state index in [0.717, 1.165) is 13.0 Å². The summed E-state index contributed by atoms with van der Waals surface area (Å²) >= 11 is 17.6. The molecule has 0 saturated heterocycles. The first-order valence-electron chi connectivity index (χ1n) is 7.27. The molecule has 0 aromatic heterocycles. The molecule has 144 valence electrons. The standard InChI is InChI=1S/C17H11Cl3F3NO3/c1-16(9-5-3-2-4-6-9,24-14(25)17(21,22)23)15(26)27-13-8-11(19)10(18)7-12(13)20/h2-8H,1H3,(H,24,25). The van der Waals surface area contributed by atoms with Crippen LogP contribution in [0.15, 0.2) is 42.5 Å². The minimum absolute atomic E-state index is 0.0182. The van der Waals surface area contributed by atoms with Crippen LogP contribution in [0.2, 0.25) is 15.1 Å². The zero-order valence-electron chi connectivity index (χ0n) is 13.5. The summed E-state index contributed by atoms with van der Waals surface area (Å²) in [5.74, 6) is -3.72. The molecule has 0 heterocycles. The van der Waals surface area contributed by atoms with E-state index in [0.29, 0.717) is 0 Å². The van der Waals surface area contributed by atoms with Crippen LogP contribution in [-0.2, 0) is 15.1 Å². The molecule has 0 aliphatic carbocycles. The predicted octanol–water partition coefficient (Wildman–Crippen LogP) is 5.15. The van der Waals surface area contributed by atoms with Gasteiger partial charge in [0.25, 0.3) is 0 Å². The van der Waals surface area contributed by atoms with Crippen LogP contribution in [0.4, 0.5) is 13.2 Å². The number of amides is 1. The zero-order chi connectivity index (χ0) is 20.4. The van der Waals surface area contributed by atoms with E-state index in [-0.39, 0.29) is 26.4 Å². The van der Waals surface area contributed by atoms with Crippen LogP contribution in [-0.4, -0.2) is 18.1 Å². The summed E-state index contributed by atoms with van der Waals surface area (Å²) in [6.45, 7) is 1.08. The summed E-state index contributed by atoms with van der Waals surface area (Å²) in [5.41, 5.74) is -2.08. The van der Waals surface area contributed by atoms with Gasteiger partial charge in [-0.2, -0.15) is 13.2 Å². The van der Waals surface area contributed by atoms with Gasteiger partial charge >= 0.3 is 18.1 Å². The van der Waals surface area contributed by atoms with Gasteiger partial charge in [0.2, 0.25) is 0 Å². The van der Waals surface area contributed by atoms with E-state index in [1.807, 2.05) is 0 Å². The number of hydrogen-bond donors (Lipinski definition) is 1. The molecule has 1 atom stereocenters. The monoisotopic (exact) mass is 439 g/mol. The SMILES string of the molecule is CC(NC(=O)C(F)(F)F)(C(=O)Oc1cc(Cl)c(Cl)cc1Cl)c1ccccc1. The highest BCUT2D eigenvalue weighted by molar-refractivity contribution is 6.43. The highest BCUT2D eigenvalue weighted by Crippen LogP contribution is 2.35. The van der Waals surface area contributed by atoms with Crippen molar-refractivity contribution in [1.82, 2.24) is 5.32 Å². The van der Waals surface area contributed by atoms with Crippen molar-refractivity contribution in [2.45, 2.75) is 18.6 Å². The Bertz CT molecular complexity index is 875. The van der Waals surface area contributed by atoms with Crippen molar-refractivity contribution >= 4 is 46.7 Å². The van der Waals surface area contributed by atoms with Crippen molar-refractivity contribution in [1.29, 1.82) is 0 Å². The van der Waals surface area contributed by atoms with Gasteiger partial charge in [-0.1, -0.05) is 65.1 Å². The van der Waals surface area contributed by atoms with E-state index in [2.05, 4.69) is 0 Å². The van der Waals surface area contributed by atoms with Gasteiger partial charge in [-0.05, 0) is 18.6 Å². The Hall–Kier alpha value is -1.96. The van der Waals surface area contributed by atoms with Crippen LogP contribution >= 0.6 is 34.8 Å². The Balaban J connectivity index is 2.43. The largest absolute Gasteiger partial charge is 0.471 e. The first-order valence-corrected chi connectivity index (χ1v) is 8.40. The molecule has 1 amide bonds. The molecule has 2 rings (SSSR count). The second-order valence-corrected chi connectivity index (χ2v) is 6.75. The van der Waals surface area contributed by atoms with Gasteiger partial charge in [-0.15, -0.1) is 0 Å². The van der Waals surface area contributed by atoms with Crippen molar-refractivity contribution < 1.29 is 27.5 Å². The average Bonchev–Trinajstić information content (AvgIpc) is 2.59. The lowest BCUT2D eigenvalue weighted by Crippen LogP contribution is -2.55. The number of nitrogens with one attached hydrogen (secondary N) is 1. The molecule has 2 aromatic carbocycles. The van der Waals surface area contributed by atoms with Gasteiger partial charge in [0, 0.05) is 6.07 Å². The van der Waals surface area contributed by atoms with Crippen LogP contribution in [0.5, 0.6) is 5.75 Å². The molecule has 2 aromatic rings. The number of ether oxygens (including phenoxy) is 1. The Kier molecular flexibility index (Phi) is 6.29. The summed E-state index contributed by atoms with van der Waals surface area (Å²) in [5, 5.41) is 1.70. The fourth-order valence-corrected chi connectivity index (χ4v) is 2.67. The molecule has 0 radical (unpaired) electrons. The van der Waals surface area contributed by atoms with Gasteiger partial charge in [0.1, 0.15) is 0 Å². The number of alkyl halides is 3. The number of halogens is 6. The molecule has 1 unspecified atom stereocenters. The maximum Gasteiger partial charge on any atom is 0.471 e. The normalized spacial score (nSPS) is 13.6. The first-order chi connectivity index (χ1) is 12.4. The molecule has 0 saturated carbocycles. The lowest BCUT2D eigenvalue weighted by Gasteiger charge is -2.29. The van der Waals surface area contributed by atoms with Crippen LogP contribution in [0, 0.1) is 0 Å². The number of carbonyl (C=O) groups excluding carboxylic acids is 2. The van der Waals surface area contributed by atoms with E-state index >= 15 is 0 Å². The van der Waals surface area contributed by atoms with Crippen molar-refractivity contribution in [3.63, 3.8) is 0 Å². The fourth-order valence-electron chi connectivity index (χ4n) is 2.09. The molecule has 1 N–H and O–H groups in total. The van der Waals surface area contributed by atoms with Crippen LogP contribution < -0.4 is 10.1 Å². The number of benzene rings is 2. The Labute approximate surface area is 167 Å². The first kappa shape index (κ1) is 21.3. The van der Waals surface area contributed by atoms with E-state index in [4.69, 9.17) is 39.5 Å². The van der Waals surface area contributed by atoms with Crippen LogP contribution in [0.25, 0.3) is 0 Å². The van der Waals surface area contributed by atoms with Crippen molar-refractivity contribution in [2.24, 2.45) is 0 Å². The molecule has 0 fully saturated rings. The van der Waals surface area contributed by atoms with Crippen molar-refractivity contribution in [3.8, 4) is 5.75 Å². The van der Waals surface area contributed by atoms with E-state index in [1.165, 1.54) is 30.3 Å². The molecular formula is C17H11Cl3F3NO3. The summed E-state index contributed by atoms with van der Waals surface area (Å²) in [7, 11) is 0. The Morgan fingerprint density at radius 1 is 0.963 bits per heavy atom. The summed E-state index contributed by atoms with van der Waals surface area (Å²) in [4.78, 5) is 24.2. The third kappa shape index (κ3) is 4.86. The average molecular weight is 441 g/mol. The minimum atomic E-state index is -5.20. The maximum absolute atomic E-state index is 12.7. The summed E-state index contributed by atoms with van der Waals surface area (Å²) in [6.07, 6.45) is -5.20. The summed E-state index contributed by atoms with van der Waals surface area (Å²) < 4.78 is 43.3. The molecule has 27 heavy (non-hydrogen) atoms. The second kappa shape index (κ2) is 7.96. The highest BCUT2D eigenvalue weighted by atomic mass is 35.5. The number of rotatable bonds is 4. The van der Waals surface area contributed by atoms with Gasteiger partial charge < -0.3 is 10.1 Å². The van der Waals surface area contributed by atoms with Crippen LogP contribution in [0.3, 0.4) is 0 Å². The molecular weight excluding hydrogens is 430 g/mol. The topological polar surface area (TPSA) is 55.4 Å². The quantitative estimate of drug-likeness (QED) is 0.407.